The summed E-state index contributed by atoms with van der Waals surface area (Å²) in [6.07, 6.45) is 3.09. The summed E-state index contributed by atoms with van der Waals surface area (Å²) in [6.45, 7) is 2.14. The number of nitrogens with zero attached hydrogens (tertiary/aromatic N) is 1. The van der Waals surface area contributed by atoms with Crippen LogP contribution in [0.1, 0.15) is 23.2 Å². The van der Waals surface area contributed by atoms with Gasteiger partial charge in [0, 0.05) is 24.9 Å². The van der Waals surface area contributed by atoms with E-state index in [1.807, 2.05) is 4.90 Å². The lowest BCUT2D eigenvalue weighted by molar-refractivity contribution is 0.0786. The van der Waals surface area contributed by atoms with Gasteiger partial charge in [-0.15, -0.1) is 0 Å². The van der Waals surface area contributed by atoms with Crippen LogP contribution >= 0.6 is 0 Å². The molecule has 2 N–H and O–H groups in total. The maximum absolute atomic E-state index is 12.3. The Morgan fingerprint density at radius 1 is 1.35 bits per heavy atom. The molecule has 0 saturated carbocycles. The van der Waals surface area contributed by atoms with Crippen LogP contribution in [-0.2, 0) is 9.84 Å². The lowest BCUT2D eigenvalue weighted by atomic mass is 10.1. The van der Waals surface area contributed by atoms with E-state index in [1.54, 1.807) is 12.1 Å². The van der Waals surface area contributed by atoms with Crippen molar-refractivity contribution in [2.75, 3.05) is 25.9 Å². The van der Waals surface area contributed by atoms with Gasteiger partial charge >= 0.3 is 0 Å². The van der Waals surface area contributed by atoms with Crippen LogP contribution in [0.4, 0.5) is 0 Å². The summed E-state index contributed by atoms with van der Waals surface area (Å²) in [6, 6.07) is 6.12. The van der Waals surface area contributed by atoms with Gasteiger partial charge in [0.25, 0.3) is 5.91 Å². The number of benzene rings is 1. The molecule has 1 heterocycles. The summed E-state index contributed by atoms with van der Waals surface area (Å²) in [5, 5.41) is 0. The van der Waals surface area contributed by atoms with Crippen LogP contribution < -0.4 is 5.73 Å². The molecule has 1 aromatic carbocycles. The molecule has 1 atom stereocenters. The van der Waals surface area contributed by atoms with E-state index in [0.717, 1.165) is 32.2 Å². The fourth-order valence-electron chi connectivity index (χ4n) is 2.52. The van der Waals surface area contributed by atoms with Crippen molar-refractivity contribution in [3.05, 3.63) is 29.8 Å². The third kappa shape index (κ3) is 3.37. The zero-order valence-corrected chi connectivity index (χ0v) is 12.4. The maximum atomic E-state index is 12.3. The van der Waals surface area contributed by atoms with E-state index in [1.165, 1.54) is 12.1 Å². The van der Waals surface area contributed by atoms with E-state index >= 15 is 0 Å². The second-order valence-electron chi connectivity index (χ2n) is 5.28. The topological polar surface area (TPSA) is 80.5 Å². The highest BCUT2D eigenvalue weighted by Gasteiger charge is 2.26. The van der Waals surface area contributed by atoms with Gasteiger partial charge in [0.1, 0.15) is 0 Å². The zero-order chi connectivity index (χ0) is 14.8. The molecule has 110 valence electrons. The van der Waals surface area contributed by atoms with Crippen molar-refractivity contribution >= 4 is 15.7 Å². The molecule has 1 saturated heterocycles. The summed E-state index contributed by atoms with van der Waals surface area (Å²) >= 11 is 0. The Balaban J connectivity index is 2.07. The Kier molecular flexibility index (Phi) is 4.45. The number of nitrogens with two attached hydrogens (primary N) is 1. The number of carbonyl (C=O) groups excluding carboxylic acids is 1. The van der Waals surface area contributed by atoms with E-state index in [2.05, 4.69) is 0 Å². The Morgan fingerprint density at radius 2 is 2.00 bits per heavy atom. The molecular weight excluding hydrogens is 276 g/mol. The number of carbonyl (C=O) groups is 1. The first-order chi connectivity index (χ1) is 9.41. The van der Waals surface area contributed by atoms with Gasteiger partial charge in [-0.2, -0.15) is 0 Å². The Bertz CT molecular complexity index is 581. The zero-order valence-electron chi connectivity index (χ0n) is 11.6. The number of amides is 1. The Hall–Kier alpha value is -1.40. The number of likely N-dealkylation sites (tertiary alicyclic amines) is 1. The third-order valence-electron chi connectivity index (χ3n) is 3.68. The van der Waals surface area contributed by atoms with Crippen LogP contribution in [-0.4, -0.2) is 45.1 Å². The molecule has 20 heavy (non-hydrogen) atoms. The van der Waals surface area contributed by atoms with Crippen LogP contribution in [0.5, 0.6) is 0 Å². The lowest BCUT2D eigenvalue weighted by Gasteiger charge is -2.16. The van der Waals surface area contributed by atoms with Crippen molar-refractivity contribution in [3.8, 4) is 0 Å². The van der Waals surface area contributed by atoms with E-state index < -0.39 is 9.84 Å². The van der Waals surface area contributed by atoms with Crippen molar-refractivity contribution in [3.63, 3.8) is 0 Å². The minimum Gasteiger partial charge on any atom is -0.338 e. The SMILES string of the molecule is CS(=O)(=O)c1ccc(C(=O)N2CCC(CCN)C2)cc1. The second kappa shape index (κ2) is 5.93. The van der Waals surface area contributed by atoms with Gasteiger partial charge in [-0.1, -0.05) is 0 Å². The molecule has 6 heteroatoms. The van der Waals surface area contributed by atoms with Gasteiger partial charge in [-0.05, 0) is 49.6 Å². The first-order valence-electron chi connectivity index (χ1n) is 6.71. The van der Waals surface area contributed by atoms with E-state index in [9.17, 15) is 13.2 Å². The quantitative estimate of drug-likeness (QED) is 0.895. The lowest BCUT2D eigenvalue weighted by Crippen LogP contribution is -2.29. The third-order valence-corrected chi connectivity index (χ3v) is 4.81. The molecule has 1 unspecified atom stereocenters. The largest absolute Gasteiger partial charge is 0.338 e. The molecule has 1 aliphatic heterocycles. The highest BCUT2D eigenvalue weighted by atomic mass is 32.2. The summed E-state index contributed by atoms with van der Waals surface area (Å²) in [5.74, 6) is 0.448. The van der Waals surface area contributed by atoms with Crippen molar-refractivity contribution in [2.45, 2.75) is 17.7 Å². The molecule has 0 spiro atoms. The minimum atomic E-state index is -3.22. The molecular formula is C14H20N2O3S. The summed E-state index contributed by atoms with van der Waals surface area (Å²) in [5.41, 5.74) is 6.07. The van der Waals surface area contributed by atoms with Crippen LogP contribution in [0.2, 0.25) is 0 Å². The van der Waals surface area contributed by atoms with Gasteiger partial charge in [0.15, 0.2) is 9.84 Å². The standard InChI is InChI=1S/C14H20N2O3S/c1-20(18,19)13-4-2-12(3-5-13)14(17)16-9-7-11(10-16)6-8-15/h2-5,11H,6-10,15H2,1H3. The molecule has 0 bridgehead atoms. The number of sulfone groups is 1. The number of hydrogen-bond acceptors (Lipinski definition) is 4. The van der Waals surface area contributed by atoms with E-state index in [0.29, 0.717) is 18.0 Å². The molecule has 5 nitrogen and oxygen atoms in total. The summed E-state index contributed by atoms with van der Waals surface area (Å²) in [7, 11) is -3.22. The fraction of sp³-hybridized carbons (Fsp3) is 0.500. The molecule has 1 aromatic rings. The smallest absolute Gasteiger partial charge is 0.253 e. The van der Waals surface area contributed by atoms with Crippen molar-refractivity contribution < 1.29 is 13.2 Å². The van der Waals surface area contributed by atoms with Crippen LogP contribution in [0.15, 0.2) is 29.2 Å². The second-order valence-corrected chi connectivity index (χ2v) is 7.30. The van der Waals surface area contributed by atoms with Gasteiger partial charge < -0.3 is 10.6 Å². The van der Waals surface area contributed by atoms with E-state index in [4.69, 9.17) is 5.73 Å². The highest BCUT2D eigenvalue weighted by Crippen LogP contribution is 2.21. The molecule has 1 aliphatic rings. The predicted octanol–water partition coefficient (Wildman–Crippen LogP) is 0.901. The van der Waals surface area contributed by atoms with Gasteiger partial charge in [-0.3, -0.25) is 4.79 Å². The fourth-order valence-corrected chi connectivity index (χ4v) is 3.15. The minimum absolute atomic E-state index is 0.0374. The Labute approximate surface area is 119 Å². The molecule has 0 aliphatic carbocycles. The average molecular weight is 296 g/mol. The summed E-state index contributed by atoms with van der Waals surface area (Å²) < 4.78 is 22.8. The normalized spacial score (nSPS) is 19.3. The molecule has 2 rings (SSSR count). The molecule has 1 fully saturated rings. The first kappa shape index (κ1) is 15.0. The van der Waals surface area contributed by atoms with Gasteiger partial charge in [-0.25, -0.2) is 8.42 Å². The average Bonchev–Trinajstić information content (AvgIpc) is 2.86. The van der Waals surface area contributed by atoms with Crippen LogP contribution in [0.3, 0.4) is 0 Å². The number of rotatable bonds is 4. The van der Waals surface area contributed by atoms with Crippen molar-refractivity contribution in [1.29, 1.82) is 0 Å². The van der Waals surface area contributed by atoms with Crippen LogP contribution in [0, 0.1) is 5.92 Å². The van der Waals surface area contributed by atoms with Crippen LogP contribution in [0.25, 0.3) is 0 Å². The maximum Gasteiger partial charge on any atom is 0.253 e. The van der Waals surface area contributed by atoms with E-state index in [-0.39, 0.29) is 10.8 Å². The summed E-state index contributed by atoms with van der Waals surface area (Å²) in [4.78, 5) is 14.4. The molecule has 0 aromatic heterocycles. The van der Waals surface area contributed by atoms with Gasteiger partial charge in [0.05, 0.1) is 4.90 Å². The first-order valence-corrected chi connectivity index (χ1v) is 8.60. The predicted molar refractivity (Wildman–Crippen MR) is 77.2 cm³/mol. The Morgan fingerprint density at radius 3 is 2.55 bits per heavy atom. The number of hydrogen-bond donors (Lipinski definition) is 1. The van der Waals surface area contributed by atoms with Crippen molar-refractivity contribution in [1.82, 2.24) is 4.90 Å². The monoisotopic (exact) mass is 296 g/mol. The molecule has 0 radical (unpaired) electrons. The molecule has 1 amide bonds. The van der Waals surface area contributed by atoms with Crippen molar-refractivity contribution in [2.24, 2.45) is 11.7 Å². The van der Waals surface area contributed by atoms with Gasteiger partial charge in [0.2, 0.25) is 0 Å². The highest BCUT2D eigenvalue weighted by molar-refractivity contribution is 7.90.